The van der Waals surface area contributed by atoms with E-state index < -0.39 is 17.5 Å². The second kappa shape index (κ2) is 4.36. The quantitative estimate of drug-likeness (QED) is 0.838. The van der Waals surface area contributed by atoms with Gasteiger partial charge in [-0.25, -0.2) is 17.9 Å². The molecule has 0 amide bonds. The lowest BCUT2D eigenvalue weighted by atomic mass is 10.1. The predicted octanol–water partition coefficient (Wildman–Crippen LogP) is 3.00. The van der Waals surface area contributed by atoms with Gasteiger partial charge in [0.15, 0.2) is 17.5 Å². The van der Waals surface area contributed by atoms with Crippen molar-refractivity contribution in [2.45, 2.75) is 19.8 Å². The Balaban J connectivity index is 2.58. The number of nitrogen functional groups attached to an aromatic ring is 1. The lowest BCUT2D eigenvalue weighted by molar-refractivity contribution is 0.491. The van der Waals surface area contributed by atoms with Crippen molar-refractivity contribution in [2.24, 2.45) is 0 Å². The number of nitrogens with zero attached hydrogens (tertiary/aromatic N) is 2. The first-order valence-electron chi connectivity index (χ1n) is 5.40. The van der Waals surface area contributed by atoms with E-state index in [9.17, 15) is 13.2 Å². The summed E-state index contributed by atoms with van der Waals surface area (Å²) >= 11 is 0. The number of hydrogen-bond donors (Lipinski definition) is 1. The van der Waals surface area contributed by atoms with Crippen LogP contribution < -0.4 is 5.73 Å². The number of nitrogens with two attached hydrogens (primary N) is 1. The van der Waals surface area contributed by atoms with E-state index in [0.717, 1.165) is 10.7 Å². The second-order valence-electron chi connectivity index (χ2n) is 4.28. The first-order valence-corrected chi connectivity index (χ1v) is 5.40. The van der Waals surface area contributed by atoms with Crippen LogP contribution in [0.25, 0.3) is 5.69 Å². The standard InChI is InChI=1S/C12H12F3N3/c1-6(2)10-5-12(16)18(17-10)11-4-8(14)7(13)3-9(11)15/h3-6H,16H2,1-2H3. The Hall–Kier alpha value is -1.98. The maximum atomic E-state index is 13.6. The van der Waals surface area contributed by atoms with E-state index >= 15 is 0 Å². The molecule has 0 atom stereocenters. The van der Waals surface area contributed by atoms with Crippen LogP contribution in [0, 0.1) is 17.5 Å². The number of rotatable bonds is 2. The van der Waals surface area contributed by atoms with Crippen LogP contribution in [0.4, 0.5) is 19.0 Å². The third-order valence-corrected chi connectivity index (χ3v) is 2.57. The first kappa shape index (κ1) is 12.5. The van der Waals surface area contributed by atoms with Crippen LogP contribution in [0.2, 0.25) is 0 Å². The van der Waals surface area contributed by atoms with E-state index in [2.05, 4.69) is 5.10 Å². The summed E-state index contributed by atoms with van der Waals surface area (Å²) in [6.07, 6.45) is 0. The average Bonchev–Trinajstić information content (AvgIpc) is 2.66. The molecule has 0 saturated heterocycles. The van der Waals surface area contributed by atoms with Crippen molar-refractivity contribution in [1.82, 2.24) is 9.78 Å². The summed E-state index contributed by atoms with van der Waals surface area (Å²) in [7, 11) is 0. The molecule has 0 aliphatic heterocycles. The fourth-order valence-corrected chi connectivity index (χ4v) is 1.56. The van der Waals surface area contributed by atoms with E-state index in [0.29, 0.717) is 11.8 Å². The monoisotopic (exact) mass is 255 g/mol. The van der Waals surface area contributed by atoms with Crippen LogP contribution in [0.15, 0.2) is 18.2 Å². The predicted molar refractivity (Wildman–Crippen MR) is 61.9 cm³/mol. The van der Waals surface area contributed by atoms with Gasteiger partial charge in [0.1, 0.15) is 11.5 Å². The molecule has 0 spiro atoms. The Morgan fingerprint density at radius 2 is 1.67 bits per heavy atom. The van der Waals surface area contributed by atoms with Gasteiger partial charge in [0.2, 0.25) is 0 Å². The molecule has 2 aromatic rings. The number of hydrogen-bond acceptors (Lipinski definition) is 2. The zero-order valence-corrected chi connectivity index (χ0v) is 9.92. The molecule has 0 radical (unpaired) electrons. The zero-order valence-electron chi connectivity index (χ0n) is 9.92. The highest BCUT2D eigenvalue weighted by Gasteiger charge is 2.16. The molecule has 18 heavy (non-hydrogen) atoms. The van der Waals surface area contributed by atoms with Gasteiger partial charge in [0, 0.05) is 18.2 Å². The number of halogens is 3. The summed E-state index contributed by atoms with van der Waals surface area (Å²) in [5.74, 6) is -3.04. The number of anilines is 1. The van der Waals surface area contributed by atoms with Gasteiger partial charge >= 0.3 is 0 Å². The first-order chi connectivity index (χ1) is 8.40. The highest BCUT2D eigenvalue weighted by atomic mass is 19.2. The van der Waals surface area contributed by atoms with Crippen molar-refractivity contribution >= 4 is 5.82 Å². The van der Waals surface area contributed by atoms with Gasteiger partial charge in [-0.2, -0.15) is 5.10 Å². The van der Waals surface area contributed by atoms with Crippen molar-refractivity contribution in [3.63, 3.8) is 0 Å². The summed E-state index contributed by atoms with van der Waals surface area (Å²) in [6, 6.07) is 2.78. The Kier molecular flexibility index (Phi) is 3.02. The molecule has 0 bridgehead atoms. The molecule has 2 rings (SSSR count). The normalized spacial score (nSPS) is 11.2. The van der Waals surface area contributed by atoms with Crippen molar-refractivity contribution < 1.29 is 13.2 Å². The van der Waals surface area contributed by atoms with Crippen molar-refractivity contribution in [2.75, 3.05) is 5.73 Å². The molecule has 1 aromatic heterocycles. The summed E-state index contributed by atoms with van der Waals surface area (Å²) in [4.78, 5) is 0. The minimum Gasteiger partial charge on any atom is -0.384 e. The second-order valence-corrected chi connectivity index (χ2v) is 4.28. The topological polar surface area (TPSA) is 43.8 Å². The number of aromatic nitrogens is 2. The third-order valence-electron chi connectivity index (χ3n) is 2.57. The molecule has 0 aliphatic rings. The van der Waals surface area contributed by atoms with Crippen LogP contribution in [0.3, 0.4) is 0 Å². The average molecular weight is 255 g/mol. The SMILES string of the molecule is CC(C)c1cc(N)n(-c2cc(F)c(F)cc2F)n1. The number of benzene rings is 1. The molecule has 0 fully saturated rings. The molecular formula is C12H12F3N3. The van der Waals surface area contributed by atoms with E-state index in [-0.39, 0.29) is 17.4 Å². The highest BCUT2D eigenvalue weighted by Crippen LogP contribution is 2.23. The summed E-state index contributed by atoms with van der Waals surface area (Å²) in [5.41, 5.74) is 6.13. The van der Waals surface area contributed by atoms with Gasteiger partial charge in [0.05, 0.1) is 5.69 Å². The molecule has 3 nitrogen and oxygen atoms in total. The fraction of sp³-hybridized carbons (Fsp3) is 0.250. The Bertz CT molecular complexity index is 590. The Morgan fingerprint density at radius 1 is 1.06 bits per heavy atom. The van der Waals surface area contributed by atoms with Crippen LogP contribution in [0.5, 0.6) is 0 Å². The highest BCUT2D eigenvalue weighted by molar-refractivity contribution is 5.44. The van der Waals surface area contributed by atoms with Crippen molar-refractivity contribution in [3.8, 4) is 5.69 Å². The minimum atomic E-state index is -1.24. The van der Waals surface area contributed by atoms with E-state index in [1.807, 2.05) is 13.8 Å². The van der Waals surface area contributed by atoms with E-state index in [1.54, 1.807) is 6.07 Å². The van der Waals surface area contributed by atoms with Crippen LogP contribution in [0.1, 0.15) is 25.5 Å². The molecule has 1 heterocycles. The van der Waals surface area contributed by atoms with Gasteiger partial charge in [-0.15, -0.1) is 0 Å². The molecule has 0 unspecified atom stereocenters. The zero-order chi connectivity index (χ0) is 13.4. The molecule has 6 heteroatoms. The smallest absolute Gasteiger partial charge is 0.161 e. The summed E-state index contributed by atoms with van der Waals surface area (Å²) < 4.78 is 40.6. The maximum Gasteiger partial charge on any atom is 0.161 e. The Labute approximate surface area is 102 Å². The minimum absolute atomic E-state index is 0.0990. The third kappa shape index (κ3) is 2.05. The Morgan fingerprint density at radius 3 is 2.22 bits per heavy atom. The molecule has 2 N–H and O–H groups in total. The lowest BCUT2D eigenvalue weighted by Crippen LogP contribution is -2.06. The molecule has 0 aliphatic carbocycles. The molecular weight excluding hydrogens is 243 g/mol. The lowest BCUT2D eigenvalue weighted by Gasteiger charge is -2.06. The molecule has 1 aromatic carbocycles. The van der Waals surface area contributed by atoms with E-state index in [4.69, 9.17) is 5.73 Å². The van der Waals surface area contributed by atoms with Crippen LogP contribution >= 0.6 is 0 Å². The summed E-state index contributed by atoms with van der Waals surface area (Å²) in [5, 5.41) is 4.07. The van der Waals surface area contributed by atoms with Gasteiger partial charge in [-0.1, -0.05) is 13.8 Å². The van der Waals surface area contributed by atoms with Crippen molar-refractivity contribution in [3.05, 3.63) is 41.3 Å². The van der Waals surface area contributed by atoms with Crippen molar-refractivity contribution in [1.29, 1.82) is 0 Å². The van der Waals surface area contributed by atoms with Gasteiger partial charge in [0.25, 0.3) is 0 Å². The molecule has 96 valence electrons. The fourth-order valence-electron chi connectivity index (χ4n) is 1.56. The summed E-state index contributed by atoms with van der Waals surface area (Å²) in [6.45, 7) is 3.79. The van der Waals surface area contributed by atoms with E-state index in [1.165, 1.54) is 0 Å². The van der Waals surface area contributed by atoms with Crippen LogP contribution in [-0.4, -0.2) is 9.78 Å². The van der Waals surface area contributed by atoms with Gasteiger partial charge < -0.3 is 5.73 Å². The molecule has 0 saturated carbocycles. The van der Waals surface area contributed by atoms with Gasteiger partial charge in [-0.05, 0) is 5.92 Å². The van der Waals surface area contributed by atoms with Gasteiger partial charge in [-0.3, -0.25) is 0 Å². The maximum absolute atomic E-state index is 13.6. The van der Waals surface area contributed by atoms with Crippen LogP contribution in [-0.2, 0) is 0 Å². The largest absolute Gasteiger partial charge is 0.384 e.